The largest absolute Gasteiger partial charge is 0.490 e. The summed E-state index contributed by atoms with van der Waals surface area (Å²) in [4.78, 5) is 0. The number of nitrogens with one attached hydrogen (secondary N) is 1. The summed E-state index contributed by atoms with van der Waals surface area (Å²) in [6.07, 6.45) is 0. The summed E-state index contributed by atoms with van der Waals surface area (Å²) in [5, 5.41) is 13.0. The quantitative estimate of drug-likeness (QED) is 0.825. The van der Waals surface area contributed by atoms with Gasteiger partial charge in [0.15, 0.2) is 0 Å². The van der Waals surface area contributed by atoms with Gasteiger partial charge in [-0.3, -0.25) is 0 Å². The highest BCUT2D eigenvalue weighted by atomic mass is 35.5. The van der Waals surface area contributed by atoms with E-state index in [9.17, 15) is 9.50 Å². The summed E-state index contributed by atoms with van der Waals surface area (Å²) in [6, 6.07) is 4.19. The van der Waals surface area contributed by atoms with Crippen molar-refractivity contribution in [2.45, 2.75) is 19.4 Å². The number of halogens is 2. The molecule has 1 rings (SSSR count). The first-order valence-corrected chi connectivity index (χ1v) is 5.83. The Labute approximate surface area is 106 Å². The van der Waals surface area contributed by atoms with Crippen LogP contribution < -0.4 is 10.1 Å². The summed E-state index contributed by atoms with van der Waals surface area (Å²) in [5.41, 5.74) is -0.994. The van der Waals surface area contributed by atoms with Crippen LogP contribution in [0.25, 0.3) is 0 Å². The molecule has 0 amide bonds. The van der Waals surface area contributed by atoms with E-state index in [1.807, 2.05) is 6.92 Å². The third-order valence-corrected chi connectivity index (χ3v) is 2.50. The molecule has 1 aromatic carbocycles. The molecule has 3 nitrogen and oxygen atoms in total. The molecule has 0 saturated carbocycles. The monoisotopic (exact) mass is 261 g/mol. The summed E-state index contributed by atoms with van der Waals surface area (Å²) in [7, 11) is 0. The molecule has 96 valence electrons. The Balaban J connectivity index is 2.51. The van der Waals surface area contributed by atoms with Gasteiger partial charge < -0.3 is 15.2 Å². The summed E-state index contributed by atoms with van der Waals surface area (Å²) in [6.45, 7) is 4.87. The van der Waals surface area contributed by atoms with Crippen LogP contribution in [0.3, 0.4) is 0 Å². The van der Waals surface area contributed by atoms with Gasteiger partial charge in [-0.2, -0.15) is 0 Å². The number of likely N-dealkylation sites (N-methyl/N-ethyl adjacent to an activating group) is 1. The highest BCUT2D eigenvalue weighted by Gasteiger charge is 2.20. The van der Waals surface area contributed by atoms with Crippen LogP contribution >= 0.6 is 11.6 Å². The van der Waals surface area contributed by atoms with Gasteiger partial charge in [0.25, 0.3) is 0 Å². The molecule has 0 radical (unpaired) electrons. The average molecular weight is 262 g/mol. The summed E-state index contributed by atoms with van der Waals surface area (Å²) in [5.74, 6) is -0.181. The molecule has 17 heavy (non-hydrogen) atoms. The van der Waals surface area contributed by atoms with Gasteiger partial charge in [-0.25, -0.2) is 4.39 Å². The fourth-order valence-corrected chi connectivity index (χ4v) is 1.37. The molecule has 5 heteroatoms. The molecule has 1 aromatic rings. The van der Waals surface area contributed by atoms with E-state index in [1.165, 1.54) is 12.1 Å². The maximum Gasteiger partial charge on any atom is 0.145 e. The lowest BCUT2D eigenvalue weighted by Gasteiger charge is -2.23. The van der Waals surface area contributed by atoms with Crippen molar-refractivity contribution in [1.29, 1.82) is 0 Å². The Hall–Kier alpha value is -0.840. The van der Waals surface area contributed by atoms with E-state index in [1.54, 1.807) is 13.0 Å². The van der Waals surface area contributed by atoms with Crippen molar-refractivity contribution in [2.24, 2.45) is 0 Å². The van der Waals surface area contributed by atoms with Crippen LogP contribution in [0.1, 0.15) is 13.8 Å². The van der Waals surface area contributed by atoms with Crippen LogP contribution in [0.5, 0.6) is 5.75 Å². The van der Waals surface area contributed by atoms with Crippen LogP contribution in [0.4, 0.5) is 4.39 Å². The van der Waals surface area contributed by atoms with E-state index in [-0.39, 0.29) is 11.6 Å². The molecule has 2 N–H and O–H groups in total. The van der Waals surface area contributed by atoms with Crippen molar-refractivity contribution < 1.29 is 14.2 Å². The highest BCUT2D eigenvalue weighted by Crippen LogP contribution is 2.21. The fourth-order valence-electron chi connectivity index (χ4n) is 1.25. The lowest BCUT2D eigenvalue weighted by atomic mass is 10.1. The van der Waals surface area contributed by atoms with Gasteiger partial charge >= 0.3 is 0 Å². The Morgan fingerprint density at radius 1 is 1.53 bits per heavy atom. The number of ether oxygens (including phenoxy) is 1. The van der Waals surface area contributed by atoms with Crippen molar-refractivity contribution in [3.05, 3.63) is 29.0 Å². The first-order valence-electron chi connectivity index (χ1n) is 5.45. The van der Waals surface area contributed by atoms with Crippen LogP contribution in [0, 0.1) is 5.82 Å². The van der Waals surface area contributed by atoms with Gasteiger partial charge in [0.2, 0.25) is 0 Å². The van der Waals surface area contributed by atoms with Gasteiger partial charge in [0.05, 0.1) is 5.02 Å². The molecule has 1 atom stereocenters. The number of rotatable bonds is 6. The van der Waals surface area contributed by atoms with Crippen molar-refractivity contribution in [3.8, 4) is 5.75 Å². The molecule has 0 saturated heterocycles. The molecule has 0 aliphatic heterocycles. The minimum absolute atomic E-state index is 0.0526. The zero-order valence-corrected chi connectivity index (χ0v) is 10.7. The molecule has 1 unspecified atom stereocenters. The van der Waals surface area contributed by atoms with E-state index in [0.717, 1.165) is 6.54 Å². The topological polar surface area (TPSA) is 41.5 Å². The first kappa shape index (κ1) is 14.2. The molecule has 0 fully saturated rings. The van der Waals surface area contributed by atoms with Crippen LogP contribution in [0.2, 0.25) is 5.02 Å². The lowest BCUT2D eigenvalue weighted by Crippen LogP contribution is -2.42. The second-order valence-electron chi connectivity index (χ2n) is 4.14. The Morgan fingerprint density at radius 3 is 2.82 bits per heavy atom. The van der Waals surface area contributed by atoms with Crippen molar-refractivity contribution >= 4 is 11.6 Å². The highest BCUT2D eigenvalue weighted by molar-refractivity contribution is 6.30. The average Bonchev–Trinajstić information content (AvgIpc) is 2.28. The Bertz CT molecular complexity index is 372. The maximum atomic E-state index is 13.1. The Kier molecular flexibility index (Phi) is 5.18. The minimum atomic E-state index is -0.994. The third kappa shape index (κ3) is 4.89. The van der Waals surface area contributed by atoms with Crippen LogP contribution in [0.15, 0.2) is 18.2 Å². The normalized spacial score (nSPS) is 14.4. The van der Waals surface area contributed by atoms with Crippen LogP contribution in [-0.4, -0.2) is 30.4 Å². The number of benzene rings is 1. The van der Waals surface area contributed by atoms with E-state index < -0.39 is 11.4 Å². The predicted molar refractivity (Wildman–Crippen MR) is 66.1 cm³/mol. The molecular weight excluding hydrogens is 245 g/mol. The second kappa shape index (κ2) is 6.19. The lowest BCUT2D eigenvalue weighted by molar-refractivity contribution is 0.0126. The molecule has 0 aliphatic carbocycles. The van der Waals surface area contributed by atoms with Gasteiger partial charge in [-0.05, 0) is 25.6 Å². The maximum absolute atomic E-state index is 13.1. The van der Waals surface area contributed by atoms with E-state index in [0.29, 0.717) is 12.3 Å². The summed E-state index contributed by atoms with van der Waals surface area (Å²) < 4.78 is 18.4. The predicted octanol–water partition coefficient (Wildman–Crippen LogP) is 2.22. The molecular formula is C12H17ClFNO2. The first-order chi connectivity index (χ1) is 7.94. The van der Waals surface area contributed by atoms with E-state index in [4.69, 9.17) is 16.3 Å². The molecule has 0 heterocycles. The number of hydrogen-bond acceptors (Lipinski definition) is 3. The number of hydrogen-bond donors (Lipinski definition) is 2. The zero-order valence-electron chi connectivity index (χ0n) is 9.96. The van der Waals surface area contributed by atoms with Crippen molar-refractivity contribution in [1.82, 2.24) is 5.32 Å². The van der Waals surface area contributed by atoms with E-state index >= 15 is 0 Å². The van der Waals surface area contributed by atoms with Gasteiger partial charge in [-0.1, -0.05) is 18.5 Å². The SMILES string of the molecule is CCNCC(C)(O)COc1ccc(Cl)c(F)c1. The van der Waals surface area contributed by atoms with Crippen molar-refractivity contribution in [3.63, 3.8) is 0 Å². The molecule has 0 aromatic heterocycles. The Morgan fingerprint density at radius 2 is 2.24 bits per heavy atom. The standard InChI is InChI=1S/C12H17ClFNO2/c1-3-15-7-12(2,16)8-17-9-4-5-10(13)11(14)6-9/h4-6,15-16H,3,7-8H2,1-2H3. The van der Waals surface area contributed by atoms with Crippen molar-refractivity contribution in [2.75, 3.05) is 19.7 Å². The van der Waals surface area contributed by atoms with Gasteiger partial charge in [0.1, 0.15) is 23.8 Å². The summed E-state index contributed by atoms with van der Waals surface area (Å²) >= 11 is 5.55. The van der Waals surface area contributed by atoms with Crippen LogP contribution in [-0.2, 0) is 0 Å². The fraction of sp³-hybridized carbons (Fsp3) is 0.500. The third-order valence-electron chi connectivity index (χ3n) is 2.20. The van der Waals surface area contributed by atoms with Gasteiger partial charge in [-0.15, -0.1) is 0 Å². The zero-order chi connectivity index (χ0) is 12.9. The smallest absolute Gasteiger partial charge is 0.145 e. The molecule has 0 bridgehead atoms. The minimum Gasteiger partial charge on any atom is -0.490 e. The molecule has 0 spiro atoms. The molecule has 0 aliphatic rings. The van der Waals surface area contributed by atoms with E-state index in [2.05, 4.69) is 5.32 Å². The second-order valence-corrected chi connectivity index (χ2v) is 4.55. The van der Waals surface area contributed by atoms with Gasteiger partial charge in [0, 0.05) is 12.6 Å². The number of aliphatic hydroxyl groups is 1.